The van der Waals surface area contributed by atoms with Crippen molar-refractivity contribution in [1.82, 2.24) is 4.98 Å². The van der Waals surface area contributed by atoms with E-state index in [2.05, 4.69) is 10.3 Å². The standard InChI is InChI=1S/C17H19N3O5/c1-2-13(19-16-9-8-14(10-18-16)20(22)23)11-25-17(21)12-24-15-6-4-3-5-7-15/h3-10,13H,2,11-12H2,1H3,(H,18,19). The summed E-state index contributed by atoms with van der Waals surface area (Å²) < 4.78 is 10.5. The second kappa shape index (κ2) is 9.21. The van der Waals surface area contributed by atoms with E-state index in [-0.39, 0.29) is 24.9 Å². The average molecular weight is 345 g/mol. The Morgan fingerprint density at radius 2 is 2.04 bits per heavy atom. The van der Waals surface area contributed by atoms with E-state index in [0.717, 1.165) is 0 Å². The van der Waals surface area contributed by atoms with E-state index in [0.29, 0.717) is 18.0 Å². The van der Waals surface area contributed by atoms with Crippen LogP contribution in [0.15, 0.2) is 48.7 Å². The normalized spacial score (nSPS) is 11.4. The Labute approximate surface area is 144 Å². The first kappa shape index (κ1) is 18.2. The van der Waals surface area contributed by atoms with E-state index < -0.39 is 10.9 Å². The second-order valence-electron chi connectivity index (χ2n) is 5.19. The molecule has 8 heteroatoms. The maximum absolute atomic E-state index is 11.7. The van der Waals surface area contributed by atoms with E-state index in [1.54, 1.807) is 12.1 Å². The Morgan fingerprint density at radius 1 is 1.28 bits per heavy atom. The summed E-state index contributed by atoms with van der Waals surface area (Å²) in [6, 6.07) is 11.7. The highest BCUT2D eigenvalue weighted by atomic mass is 16.6. The number of ether oxygens (including phenoxy) is 2. The lowest BCUT2D eigenvalue weighted by Crippen LogP contribution is -2.28. The molecule has 0 radical (unpaired) electrons. The predicted molar refractivity (Wildman–Crippen MR) is 91.5 cm³/mol. The van der Waals surface area contributed by atoms with E-state index >= 15 is 0 Å². The second-order valence-corrected chi connectivity index (χ2v) is 5.19. The van der Waals surface area contributed by atoms with Gasteiger partial charge in [0.05, 0.1) is 11.0 Å². The third kappa shape index (κ3) is 6.09. The number of hydrogen-bond donors (Lipinski definition) is 1. The molecule has 0 aliphatic heterocycles. The fourth-order valence-electron chi connectivity index (χ4n) is 1.94. The number of esters is 1. The van der Waals surface area contributed by atoms with Crippen molar-refractivity contribution in [2.45, 2.75) is 19.4 Å². The molecule has 0 fully saturated rings. The summed E-state index contributed by atoms with van der Waals surface area (Å²) in [4.78, 5) is 25.8. The molecule has 0 bridgehead atoms. The molecule has 1 aromatic heterocycles. The van der Waals surface area contributed by atoms with Gasteiger partial charge in [-0.25, -0.2) is 9.78 Å². The average Bonchev–Trinajstić information content (AvgIpc) is 2.64. The molecule has 0 aliphatic carbocycles. The zero-order valence-corrected chi connectivity index (χ0v) is 13.8. The first-order valence-corrected chi connectivity index (χ1v) is 7.79. The number of rotatable bonds is 9. The molecule has 2 rings (SSSR count). The predicted octanol–water partition coefficient (Wildman–Crippen LogP) is 2.80. The molecule has 0 saturated heterocycles. The maximum atomic E-state index is 11.7. The Morgan fingerprint density at radius 3 is 2.64 bits per heavy atom. The van der Waals surface area contributed by atoms with Crippen LogP contribution in [0.5, 0.6) is 5.75 Å². The summed E-state index contributed by atoms with van der Waals surface area (Å²) in [6.07, 6.45) is 1.86. The number of nitrogens with one attached hydrogen (secondary N) is 1. The minimum absolute atomic E-state index is 0.0805. The van der Waals surface area contributed by atoms with Crippen molar-refractivity contribution >= 4 is 17.5 Å². The molecule has 1 heterocycles. The van der Waals surface area contributed by atoms with E-state index in [9.17, 15) is 14.9 Å². The summed E-state index contributed by atoms with van der Waals surface area (Å²) >= 11 is 0. The highest BCUT2D eigenvalue weighted by molar-refractivity contribution is 5.71. The van der Waals surface area contributed by atoms with E-state index in [4.69, 9.17) is 9.47 Å². The maximum Gasteiger partial charge on any atom is 0.344 e. The summed E-state index contributed by atoms with van der Waals surface area (Å²) in [7, 11) is 0. The van der Waals surface area contributed by atoms with Crippen LogP contribution in [0.4, 0.5) is 11.5 Å². The molecular weight excluding hydrogens is 326 g/mol. The van der Waals surface area contributed by atoms with Crippen LogP contribution in [-0.2, 0) is 9.53 Å². The highest BCUT2D eigenvalue weighted by Crippen LogP contribution is 2.13. The van der Waals surface area contributed by atoms with E-state index in [1.807, 2.05) is 25.1 Å². The fraction of sp³-hybridized carbons (Fsp3) is 0.294. The Bertz CT molecular complexity index is 691. The fourth-order valence-corrected chi connectivity index (χ4v) is 1.94. The third-order valence-electron chi connectivity index (χ3n) is 3.35. The molecule has 0 aliphatic rings. The van der Waals surface area contributed by atoms with Crippen molar-refractivity contribution in [2.24, 2.45) is 0 Å². The number of aromatic nitrogens is 1. The zero-order chi connectivity index (χ0) is 18.1. The molecule has 0 spiro atoms. The van der Waals surface area contributed by atoms with Crippen molar-refractivity contribution in [2.75, 3.05) is 18.5 Å². The van der Waals surface area contributed by atoms with Crippen molar-refractivity contribution in [3.63, 3.8) is 0 Å². The molecule has 1 aromatic carbocycles. The number of pyridine rings is 1. The molecule has 0 amide bonds. The lowest BCUT2D eigenvalue weighted by atomic mass is 10.2. The van der Waals surface area contributed by atoms with Crippen LogP contribution < -0.4 is 10.1 Å². The quantitative estimate of drug-likeness (QED) is 0.423. The number of anilines is 1. The number of benzene rings is 1. The van der Waals surface area contributed by atoms with Gasteiger partial charge in [0.1, 0.15) is 24.4 Å². The van der Waals surface area contributed by atoms with Crippen molar-refractivity contribution in [3.8, 4) is 5.75 Å². The molecule has 0 saturated carbocycles. The van der Waals surface area contributed by atoms with Gasteiger partial charge in [-0.1, -0.05) is 25.1 Å². The molecule has 1 N–H and O–H groups in total. The highest BCUT2D eigenvalue weighted by Gasteiger charge is 2.12. The van der Waals surface area contributed by atoms with Gasteiger partial charge in [-0.3, -0.25) is 10.1 Å². The summed E-state index contributed by atoms with van der Waals surface area (Å²) in [6.45, 7) is 1.90. The van der Waals surface area contributed by atoms with Gasteiger partial charge in [0.2, 0.25) is 0 Å². The molecular formula is C17H19N3O5. The molecule has 2 aromatic rings. The van der Waals surface area contributed by atoms with Gasteiger partial charge >= 0.3 is 5.97 Å². The topological polar surface area (TPSA) is 104 Å². The number of nitro groups is 1. The van der Waals surface area contributed by atoms with Crippen molar-refractivity contribution in [3.05, 3.63) is 58.8 Å². The van der Waals surface area contributed by atoms with Gasteiger partial charge in [0.25, 0.3) is 5.69 Å². The van der Waals surface area contributed by atoms with Crippen LogP contribution in [0.3, 0.4) is 0 Å². The number of carbonyl (C=O) groups excluding carboxylic acids is 1. The first-order chi connectivity index (χ1) is 12.1. The monoisotopic (exact) mass is 345 g/mol. The van der Waals surface area contributed by atoms with Gasteiger partial charge in [-0.15, -0.1) is 0 Å². The van der Waals surface area contributed by atoms with Crippen LogP contribution in [0.25, 0.3) is 0 Å². The number of carbonyl (C=O) groups is 1. The largest absolute Gasteiger partial charge is 0.482 e. The van der Waals surface area contributed by atoms with Crippen LogP contribution in [0, 0.1) is 10.1 Å². The number of hydrogen-bond acceptors (Lipinski definition) is 7. The molecule has 132 valence electrons. The third-order valence-corrected chi connectivity index (χ3v) is 3.35. The van der Waals surface area contributed by atoms with Gasteiger partial charge in [0, 0.05) is 6.07 Å². The van der Waals surface area contributed by atoms with Crippen molar-refractivity contribution in [1.29, 1.82) is 0 Å². The number of para-hydroxylation sites is 1. The van der Waals surface area contributed by atoms with Crippen LogP contribution >= 0.6 is 0 Å². The van der Waals surface area contributed by atoms with Crippen molar-refractivity contribution < 1.29 is 19.2 Å². The number of nitrogens with zero attached hydrogens (tertiary/aromatic N) is 2. The SMILES string of the molecule is CCC(COC(=O)COc1ccccc1)Nc1ccc([N+](=O)[O-])cn1. The Balaban J connectivity index is 1.77. The lowest BCUT2D eigenvalue weighted by Gasteiger charge is -2.17. The summed E-state index contributed by atoms with van der Waals surface area (Å²) in [5.74, 6) is 0.606. The van der Waals surface area contributed by atoms with Crippen LogP contribution in [-0.4, -0.2) is 35.1 Å². The molecule has 1 unspecified atom stereocenters. The Hall–Kier alpha value is -3.16. The van der Waals surface area contributed by atoms with Gasteiger partial charge in [-0.05, 0) is 24.6 Å². The van der Waals surface area contributed by atoms with Gasteiger partial charge in [0.15, 0.2) is 6.61 Å². The minimum atomic E-state index is -0.511. The lowest BCUT2D eigenvalue weighted by molar-refractivity contribution is -0.385. The summed E-state index contributed by atoms with van der Waals surface area (Å²) in [5.41, 5.74) is -0.0805. The van der Waals surface area contributed by atoms with Gasteiger partial charge in [-0.2, -0.15) is 0 Å². The molecule has 1 atom stereocenters. The van der Waals surface area contributed by atoms with E-state index in [1.165, 1.54) is 18.3 Å². The smallest absolute Gasteiger partial charge is 0.344 e. The van der Waals surface area contributed by atoms with Crippen LogP contribution in [0.1, 0.15) is 13.3 Å². The first-order valence-electron chi connectivity index (χ1n) is 7.79. The van der Waals surface area contributed by atoms with Crippen LogP contribution in [0.2, 0.25) is 0 Å². The molecule has 25 heavy (non-hydrogen) atoms. The minimum Gasteiger partial charge on any atom is -0.482 e. The molecule has 8 nitrogen and oxygen atoms in total. The van der Waals surface area contributed by atoms with Gasteiger partial charge < -0.3 is 14.8 Å². The zero-order valence-electron chi connectivity index (χ0n) is 13.8. The Kier molecular flexibility index (Phi) is 6.70. The summed E-state index contributed by atoms with van der Waals surface area (Å²) in [5, 5.41) is 13.7.